The van der Waals surface area contributed by atoms with Gasteiger partial charge < -0.3 is 4.57 Å². The third-order valence-electron chi connectivity index (χ3n) is 5.19. The lowest BCUT2D eigenvalue weighted by Gasteiger charge is -2.28. The van der Waals surface area contributed by atoms with E-state index in [2.05, 4.69) is 13.8 Å². The Morgan fingerprint density at radius 1 is 0.893 bits per heavy atom. The maximum Gasteiger partial charge on any atom is 0.156 e. The first-order valence-electron chi connectivity index (χ1n) is 10.5. The van der Waals surface area contributed by atoms with E-state index in [0.717, 1.165) is 49.1 Å². The fourth-order valence-electron chi connectivity index (χ4n) is 3.52. The van der Waals surface area contributed by atoms with Gasteiger partial charge >= 0.3 is 0 Å². The number of ketones is 1. The lowest BCUT2D eigenvalue weighted by atomic mass is 10.1. The van der Waals surface area contributed by atoms with E-state index in [4.69, 9.17) is 0 Å². The number of rotatable bonds is 12. The van der Waals surface area contributed by atoms with Crippen molar-refractivity contribution in [1.82, 2.24) is 0 Å². The molecule has 0 aliphatic heterocycles. The molecule has 3 heteroatoms. The molecule has 150 valence electrons. The Bertz CT molecular complexity index is 769. The lowest BCUT2D eigenvalue weighted by Crippen LogP contribution is -2.11. The first-order chi connectivity index (χ1) is 13.6. The summed E-state index contributed by atoms with van der Waals surface area (Å²) < 4.78 is 14.1. The minimum atomic E-state index is -2.49. The number of carbonyl (C=O) groups excluding carboxylic acids is 1. The summed E-state index contributed by atoms with van der Waals surface area (Å²) in [6.45, 7) is 4.27. The quantitative estimate of drug-likeness (QED) is 0.277. The summed E-state index contributed by atoms with van der Waals surface area (Å²) in [5.74, 6) is 0.0472. The third-order valence-corrected chi connectivity index (χ3v) is 8.95. The number of carbonyl (C=O) groups is 1. The van der Waals surface area contributed by atoms with Gasteiger partial charge in [0.1, 0.15) is 0 Å². The van der Waals surface area contributed by atoms with Gasteiger partial charge in [0.15, 0.2) is 5.78 Å². The maximum atomic E-state index is 14.1. The molecule has 1 atom stereocenters. The molecule has 2 aromatic rings. The molecule has 1 unspecified atom stereocenters. The predicted octanol–water partition coefficient (Wildman–Crippen LogP) is 7.36. The van der Waals surface area contributed by atoms with Crippen LogP contribution >= 0.6 is 7.14 Å². The van der Waals surface area contributed by atoms with Crippen molar-refractivity contribution in [1.29, 1.82) is 0 Å². The SMILES string of the molecule is CCCCP(=O)(CCCC)C(CC(=O)C=Cc1ccccc1)c1ccccc1. The maximum absolute atomic E-state index is 14.1. The molecule has 0 amide bonds. The van der Waals surface area contributed by atoms with Crippen molar-refractivity contribution in [3.8, 4) is 0 Å². The molecule has 2 aromatic carbocycles. The van der Waals surface area contributed by atoms with Crippen LogP contribution in [0.25, 0.3) is 6.08 Å². The number of benzene rings is 2. The van der Waals surface area contributed by atoms with Crippen molar-refractivity contribution < 1.29 is 9.36 Å². The van der Waals surface area contributed by atoms with Crippen molar-refractivity contribution >= 4 is 19.0 Å². The molecular formula is C25H33O2P. The molecule has 0 saturated carbocycles. The Morgan fingerprint density at radius 2 is 1.43 bits per heavy atom. The first kappa shape index (κ1) is 22.4. The summed E-state index contributed by atoms with van der Waals surface area (Å²) in [6.07, 6.45) is 9.26. The molecule has 0 aliphatic carbocycles. The van der Waals surface area contributed by atoms with Crippen LogP contribution in [0, 0.1) is 0 Å². The average Bonchev–Trinajstić information content (AvgIpc) is 2.74. The van der Waals surface area contributed by atoms with E-state index in [0.29, 0.717) is 6.42 Å². The van der Waals surface area contributed by atoms with E-state index in [1.807, 2.05) is 66.7 Å². The molecule has 0 spiro atoms. The van der Waals surface area contributed by atoms with Gasteiger partial charge in [0, 0.05) is 24.4 Å². The largest absolute Gasteiger partial charge is 0.323 e. The Hall–Kier alpha value is -1.92. The third kappa shape index (κ3) is 6.91. The number of hydrogen-bond acceptors (Lipinski definition) is 2. The van der Waals surface area contributed by atoms with Crippen LogP contribution in [-0.2, 0) is 9.36 Å². The van der Waals surface area contributed by atoms with Gasteiger partial charge in [-0.15, -0.1) is 0 Å². The summed E-state index contributed by atoms with van der Waals surface area (Å²) in [4.78, 5) is 12.8. The molecule has 0 heterocycles. The molecule has 0 radical (unpaired) electrons. The molecule has 0 fully saturated rings. The molecule has 0 aliphatic rings. The lowest BCUT2D eigenvalue weighted by molar-refractivity contribution is -0.114. The van der Waals surface area contributed by atoms with Crippen LogP contribution in [-0.4, -0.2) is 18.1 Å². The van der Waals surface area contributed by atoms with Crippen LogP contribution in [0.1, 0.15) is 62.7 Å². The highest BCUT2D eigenvalue weighted by molar-refractivity contribution is 7.64. The zero-order valence-corrected chi connectivity index (χ0v) is 18.1. The van der Waals surface area contributed by atoms with E-state index in [1.54, 1.807) is 6.08 Å². The van der Waals surface area contributed by atoms with Crippen LogP contribution in [0.2, 0.25) is 0 Å². The highest BCUT2D eigenvalue weighted by Crippen LogP contribution is 2.61. The van der Waals surface area contributed by atoms with Gasteiger partial charge in [-0.1, -0.05) is 93.4 Å². The zero-order chi connectivity index (χ0) is 20.2. The second-order valence-corrected chi connectivity index (χ2v) is 10.9. The van der Waals surface area contributed by atoms with Gasteiger partial charge in [-0.3, -0.25) is 4.79 Å². The van der Waals surface area contributed by atoms with E-state index >= 15 is 0 Å². The summed E-state index contributed by atoms with van der Waals surface area (Å²) in [6, 6.07) is 19.8. The van der Waals surface area contributed by atoms with Crippen molar-refractivity contribution in [3.63, 3.8) is 0 Å². The first-order valence-corrected chi connectivity index (χ1v) is 12.6. The Kier molecular flexibility index (Phi) is 9.44. The van der Waals surface area contributed by atoms with Crippen LogP contribution in [0.4, 0.5) is 0 Å². The Balaban J connectivity index is 2.26. The van der Waals surface area contributed by atoms with Crippen molar-refractivity contribution in [2.45, 2.75) is 51.6 Å². The monoisotopic (exact) mass is 396 g/mol. The van der Waals surface area contributed by atoms with Gasteiger partial charge in [-0.2, -0.15) is 0 Å². The fraction of sp³-hybridized carbons (Fsp3) is 0.400. The van der Waals surface area contributed by atoms with Crippen LogP contribution < -0.4 is 0 Å². The molecule has 2 nitrogen and oxygen atoms in total. The molecule has 2 rings (SSSR count). The summed E-state index contributed by atoms with van der Waals surface area (Å²) in [5, 5.41) is 0. The second kappa shape index (κ2) is 11.8. The van der Waals surface area contributed by atoms with Gasteiger partial charge in [0.25, 0.3) is 0 Å². The standard InChI is InChI=1S/C25H33O2P/c1-3-5-19-28(27,20-6-4-2)25(23-15-11-8-12-16-23)21-24(26)18-17-22-13-9-7-10-14-22/h7-18,25H,3-6,19-21H2,1-2H3. The van der Waals surface area contributed by atoms with Crippen molar-refractivity contribution in [2.75, 3.05) is 12.3 Å². The number of hydrogen-bond donors (Lipinski definition) is 0. The molecule has 28 heavy (non-hydrogen) atoms. The normalized spacial score (nSPS) is 12.9. The minimum Gasteiger partial charge on any atom is -0.323 e. The van der Waals surface area contributed by atoms with Crippen molar-refractivity contribution in [2.24, 2.45) is 0 Å². The smallest absolute Gasteiger partial charge is 0.156 e. The highest BCUT2D eigenvalue weighted by Gasteiger charge is 2.34. The predicted molar refractivity (Wildman–Crippen MR) is 121 cm³/mol. The van der Waals surface area contributed by atoms with Crippen LogP contribution in [0.3, 0.4) is 0 Å². The summed E-state index contributed by atoms with van der Waals surface area (Å²) in [5.41, 5.74) is 1.87. The molecule has 0 aromatic heterocycles. The van der Waals surface area contributed by atoms with Crippen LogP contribution in [0.5, 0.6) is 0 Å². The topological polar surface area (TPSA) is 34.1 Å². The fourth-order valence-corrected chi connectivity index (χ4v) is 7.30. The number of unbranched alkanes of at least 4 members (excludes halogenated alkanes) is 2. The van der Waals surface area contributed by atoms with E-state index < -0.39 is 7.14 Å². The highest BCUT2D eigenvalue weighted by atomic mass is 31.2. The molecule has 0 N–H and O–H groups in total. The Morgan fingerprint density at radius 3 is 1.96 bits per heavy atom. The second-order valence-electron chi connectivity index (χ2n) is 7.45. The van der Waals surface area contributed by atoms with E-state index in [-0.39, 0.29) is 11.4 Å². The van der Waals surface area contributed by atoms with Crippen LogP contribution in [0.15, 0.2) is 66.7 Å². The zero-order valence-electron chi connectivity index (χ0n) is 17.2. The molecular weight excluding hydrogens is 363 g/mol. The molecule has 0 saturated heterocycles. The van der Waals surface area contributed by atoms with Gasteiger partial charge in [0.2, 0.25) is 0 Å². The number of allylic oxidation sites excluding steroid dienone is 1. The average molecular weight is 397 g/mol. The molecule has 0 bridgehead atoms. The van der Waals surface area contributed by atoms with Gasteiger partial charge in [-0.05, 0) is 30.0 Å². The minimum absolute atomic E-state index is 0.0472. The van der Waals surface area contributed by atoms with Gasteiger partial charge in [0.05, 0.1) is 7.14 Å². The van der Waals surface area contributed by atoms with Gasteiger partial charge in [-0.25, -0.2) is 0 Å². The van der Waals surface area contributed by atoms with E-state index in [9.17, 15) is 9.36 Å². The van der Waals surface area contributed by atoms with E-state index in [1.165, 1.54) is 0 Å². The summed E-state index contributed by atoms with van der Waals surface area (Å²) in [7, 11) is -2.49. The van der Waals surface area contributed by atoms with Crippen molar-refractivity contribution in [3.05, 3.63) is 77.9 Å². The summed E-state index contributed by atoms with van der Waals surface area (Å²) >= 11 is 0. The Labute approximate surface area is 170 Å².